The van der Waals surface area contributed by atoms with Crippen molar-refractivity contribution < 1.29 is 4.39 Å². The zero-order valence-corrected chi connectivity index (χ0v) is 18.0. The van der Waals surface area contributed by atoms with E-state index in [0.29, 0.717) is 11.7 Å². The van der Waals surface area contributed by atoms with Crippen molar-refractivity contribution in [2.45, 2.75) is 13.1 Å². The van der Waals surface area contributed by atoms with E-state index >= 15 is 0 Å². The topological polar surface area (TPSA) is 36.3 Å². The summed E-state index contributed by atoms with van der Waals surface area (Å²) < 4.78 is 14.8. The quantitative estimate of drug-likeness (QED) is 0.597. The minimum absolute atomic E-state index is 0.237. The fourth-order valence-corrected chi connectivity index (χ4v) is 3.97. The summed E-state index contributed by atoms with van der Waals surface area (Å²) in [6.45, 7) is 5.01. The van der Waals surface area contributed by atoms with E-state index in [1.807, 2.05) is 24.4 Å². The third-order valence-electron chi connectivity index (χ3n) is 5.15. The predicted molar refractivity (Wildman–Crippen MR) is 122 cm³/mol. The first kappa shape index (κ1) is 20.8. The number of nitrogens with one attached hydrogen (secondary N) is 1. The Bertz CT molecular complexity index is 999. The molecule has 2 heterocycles. The summed E-state index contributed by atoms with van der Waals surface area (Å²) in [6, 6.07) is 14.4. The summed E-state index contributed by atoms with van der Waals surface area (Å²) in [7, 11) is 0. The zero-order chi connectivity index (χ0) is 20.9. The maximum Gasteiger partial charge on any atom is 0.173 e. The molecule has 0 radical (unpaired) electrons. The molecule has 1 fully saturated rings. The lowest BCUT2D eigenvalue weighted by molar-refractivity contribution is 0.177. The molecule has 30 heavy (non-hydrogen) atoms. The third-order valence-corrected chi connectivity index (χ3v) is 5.88. The van der Waals surface area contributed by atoms with Crippen LogP contribution in [0, 0.1) is 5.82 Å². The third kappa shape index (κ3) is 5.36. The Morgan fingerprint density at radius 2 is 1.77 bits per heavy atom. The van der Waals surface area contributed by atoms with E-state index in [4.69, 9.17) is 23.8 Å². The van der Waals surface area contributed by atoms with Crippen molar-refractivity contribution in [3.05, 3.63) is 82.9 Å². The number of anilines is 1. The van der Waals surface area contributed by atoms with Crippen LogP contribution in [-0.4, -0.2) is 50.9 Å². The van der Waals surface area contributed by atoms with Crippen molar-refractivity contribution in [3.8, 4) is 0 Å². The lowest BCUT2D eigenvalue weighted by Crippen LogP contribution is -2.49. The Hall–Kier alpha value is -2.48. The average Bonchev–Trinajstić information content (AvgIpc) is 3.18. The lowest BCUT2D eigenvalue weighted by Gasteiger charge is -2.36. The molecule has 0 spiro atoms. The normalized spacial score (nSPS) is 14.7. The van der Waals surface area contributed by atoms with Crippen LogP contribution in [0.4, 0.5) is 10.1 Å². The predicted octanol–water partition coefficient (Wildman–Crippen LogP) is 4.24. The van der Waals surface area contributed by atoms with Crippen molar-refractivity contribution in [2.24, 2.45) is 0 Å². The van der Waals surface area contributed by atoms with Gasteiger partial charge in [0.15, 0.2) is 5.11 Å². The van der Waals surface area contributed by atoms with Gasteiger partial charge in [-0.05, 0) is 41.5 Å². The van der Waals surface area contributed by atoms with Crippen LogP contribution < -0.4 is 5.32 Å². The standard InChI is InChI=1S/C22H23ClFN5S/c23-21-4-2-1-3-18(21)15-27-9-11-28(12-10-27)22(30)26-20-13-25-29(16-20)14-17-5-7-19(24)8-6-17/h1-8,13,16H,9-12,14-15H2,(H,26,30). The molecule has 1 N–H and O–H groups in total. The van der Waals surface area contributed by atoms with Gasteiger partial charge in [-0.2, -0.15) is 5.10 Å². The minimum Gasteiger partial charge on any atom is -0.346 e. The first-order valence-electron chi connectivity index (χ1n) is 9.85. The highest BCUT2D eigenvalue weighted by Gasteiger charge is 2.20. The minimum atomic E-state index is -0.237. The molecule has 1 aliphatic rings. The Balaban J connectivity index is 1.26. The Kier molecular flexibility index (Phi) is 6.62. The van der Waals surface area contributed by atoms with E-state index in [0.717, 1.165) is 54.6 Å². The first-order valence-corrected chi connectivity index (χ1v) is 10.6. The van der Waals surface area contributed by atoms with Crippen LogP contribution >= 0.6 is 23.8 Å². The van der Waals surface area contributed by atoms with Gasteiger partial charge in [-0.15, -0.1) is 0 Å². The maximum absolute atomic E-state index is 13.0. The molecule has 4 rings (SSSR count). The van der Waals surface area contributed by atoms with Crippen molar-refractivity contribution in [3.63, 3.8) is 0 Å². The van der Waals surface area contributed by atoms with E-state index in [9.17, 15) is 4.39 Å². The van der Waals surface area contributed by atoms with E-state index in [1.54, 1.807) is 23.0 Å². The summed E-state index contributed by atoms with van der Waals surface area (Å²) in [5, 5.41) is 9.15. The highest BCUT2D eigenvalue weighted by Crippen LogP contribution is 2.18. The van der Waals surface area contributed by atoms with Gasteiger partial charge >= 0.3 is 0 Å². The van der Waals surface area contributed by atoms with Gasteiger partial charge < -0.3 is 10.2 Å². The highest BCUT2D eigenvalue weighted by molar-refractivity contribution is 7.80. The summed E-state index contributed by atoms with van der Waals surface area (Å²) in [4.78, 5) is 4.57. The van der Waals surface area contributed by atoms with Gasteiger partial charge in [0.25, 0.3) is 0 Å². The van der Waals surface area contributed by atoms with E-state index < -0.39 is 0 Å². The van der Waals surface area contributed by atoms with Crippen molar-refractivity contribution in [1.29, 1.82) is 0 Å². The number of halogens is 2. The molecule has 0 aliphatic carbocycles. The number of piperazine rings is 1. The van der Waals surface area contributed by atoms with Crippen LogP contribution in [0.5, 0.6) is 0 Å². The Labute approximate surface area is 186 Å². The fraction of sp³-hybridized carbons (Fsp3) is 0.273. The zero-order valence-electron chi connectivity index (χ0n) is 16.5. The molecule has 0 amide bonds. The summed E-state index contributed by atoms with van der Waals surface area (Å²) in [6.07, 6.45) is 3.66. The molecule has 1 saturated heterocycles. The molecule has 1 aromatic heterocycles. The van der Waals surface area contributed by atoms with E-state index in [1.165, 1.54) is 12.1 Å². The monoisotopic (exact) mass is 443 g/mol. The summed E-state index contributed by atoms with van der Waals surface area (Å²) in [5.41, 5.74) is 2.99. The SMILES string of the molecule is Fc1ccc(Cn2cc(NC(=S)N3CCN(Cc4ccccc4Cl)CC3)cn2)cc1. The maximum atomic E-state index is 13.0. The fourth-order valence-electron chi connectivity index (χ4n) is 3.47. The smallest absolute Gasteiger partial charge is 0.173 e. The van der Waals surface area contributed by atoms with Crippen LogP contribution in [0.1, 0.15) is 11.1 Å². The molecule has 0 bridgehead atoms. The van der Waals surface area contributed by atoms with Gasteiger partial charge in [0.2, 0.25) is 0 Å². The van der Waals surface area contributed by atoms with E-state index in [2.05, 4.69) is 26.3 Å². The number of hydrogen-bond donors (Lipinski definition) is 1. The van der Waals surface area contributed by atoms with Gasteiger partial charge in [-0.25, -0.2) is 4.39 Å². The van der Waals surface area contributed by atoms with Crippen LogP contribution in [0.25, 0.3) is 0 Å². The summed E-state index contributed by atoms with van der Waals surface area (Å²) in [5.74, 6) is -0.237. The molecule has 0 atom stereocenters. The number of aromatic nitrogens is 2. The number of rotatable bonds is 5. The molecule has 5 nitrogen and oxygen atoms in total. The Morgan fingerprint density at radius 1 is 1.03 bits per heavy atom. The van der Waals surface area contributed by atoms with Crippen molar-refractivity contribution in [2.75, 3.05) is 31.5 Å². The average molecular weight is 444 g/mol. The molecule has 0 unspecified atom stereocenters. The lowest BCUT2D eigenvalue weighted by atomic mass is 10.2. The number of nitrogens with zero attached hydrogens (tertiary/aromatic N) is 4. The van der Waals surface area contributed by atoms with Crippen LogP contribution in [0.15, 0.2) is 60.9 Å². The van der Waals surface area contributed by atoms with Gasteiger partial charge in [0.05, 0.1) is 18.4 Å². The molecular formula is C22H23ClFN5S. The highest BCUT2D eigenvalue weighted by atomic mass is 35.5. The second-order valence-corrected chi connectivity index (χ2v) is 8.13. The number of benzene rings is 2. The van der Waals surface area contributed by atoms with Crippen molar-refractivity contribution >= 4 is 34.6 Å². The number of hydrogen-bond acceptors (Lipinski definition) is 3. The largest absolute Gasteiger partial charge is 0.346 e. The van der Waals surface area contributed by atoms with Crippen LogP contribution in [0.3, 0.4) is 0 Å². The molecule has 3 aromatic rings. The van der Waals surface area contributed by atoms with Gasteiger partial charge in [0.1, 0.15) is 5.82 Å². The van der Waals surface area contributed by atoms with Gasteiger partial charge in [0, 0.05) is 43.9 Å². The van der Waals surface area contributed by atoms with Crippen LogP contribution in [-0.2, 0) is 13.1 Å². The van der Waals surface area contributed by atoms with Gasteiger partial charge in [-0.3, -0.25) is 9.58 Å². The second-order valence-electron chi connectivity index (χ2n) is 7.34. The van der Waals surface area contributed by atoms with Crippen molar-refractivity contribution in [1.82, 2.24) is 19.6 Å². The molecule has 1 aliphatic heterocycles. The summed E-state index contributed by atoms with van der Waals surface area (Å²) >= 11 is 11.9. The van der Waals surface area contributed by atoms with Gasteiger partial charge in [-0.1, -0.05) is 41.9 Å². The molecular weight excluding hydrogens is 421 g/mol. The second kappa shape index (κ2) is 9.55. The Morgan fingerprint density at radius 3 is 2.50 bits per heavy atom. The van der Waals surface area contributed by atoms with E-state index in [-0.39, 0.29) is 5.82 Å². The first-order chi connectivity index (χ1) is 14.6. The van der Waals surface area contributed by atoms with Crippen LogP contribution in [0.2, 0.25) is 5.02 Å². The molecule has 0 saturated carbocycles. The molecule has 8 heteroatoms. The number of thiocarbonyl (C=S) groups is 1. The molecule has 2 aromatic carbocycles. The molecule has 156 valence electrons.